The summed E-state index contributed by atoms with van der Waals surface area (Å²) >= 11 is -0.305. The summed E-state index contributed by atoms with van der Waals surface area (Å²) in [6, 6.07) is 13.1. The van der Waals surface area contributed by atoms with Crippen LogP contribution in [0.5, 0.6) is 0 Å². The molecule has 2 rings (SSSR count). The minimum Gasteiger partial charge on any atom is -0.337 e. The molecule has 0 saturated carbocycles. The highest BCUT2D eigenvalue weighted by Crippen LogP contribution is 2.30. The highest BCUT2D eigenvalue weighted by Gasteiger charge is 2.30. The van der Waals surface area contributed by atoms with Gasteiger partial charge in [0.15, 0.2) is 0 Å². The maximum atomic E-state index is 12.3. The van der Waals surface area contributed by atoms with Gasteiger partial charge in [0.2, 0.25) is 5.91 Å². The van der Waals surface area contributed by atoms with Crippen molar-refractivity contribution in [2.24, 2.45) is 0 Å². The van der Waals surface area contributed by atoms with E-state index in [0.29, 0.717) is 13.0 Å². The van der Waals surface area contributed by atoms with Crippen molar-refractivity contribution in [3.63, 3.8) is 0 Å². The normalized spacial score (nSPS) is 11.3. The van der Waals surface area contributed by atoms with E-state index in [0.717, 1.165) is 11.1 Å². The van der Waals surface area contributed by atoms with Crippen LogP contribution < -0.4 is 0 Å². The van der Waals surface area contributed by atoms with E-state index in [4.69, 9.17) is 0 Å². The quantitative estimate of drug-likeness (QED) is 0.756. The van der Waals surface area contributed by atoms with Crippen molar-refractivity contribution in [3.05, 3.63) is 66.0 Å². The van der Waals surface area contributed by atoms with Gasteiger partial charge in [-0.05, 0) is 35.4 Å². The Morgan fingerprint density at radius 3 is 2.42 bits per heavy atom. The zero-order valence-corrected chi connectivity index (χ0v) is 13.7. The van der Waals surface area contributed by atoms with Crippen molar-refractivity contribution in [1.29, 1.82) is 0 Å². The van der Waals surface area contributed by atoms with E-state index in [1.54, 1.807) is 24.5 Å². The molecule has 0 radical (unpaired) electrons. The SMILES string of the molecule is O=C(CSC(F)(F)F)N(CCc1ccccc1)Cc1cccnc1. The van der Waals surface area contributed by atoms with Crippen LogP contribution in [0.15, 0.2) is 54.9 Å². The van der Waals surface area contributed by atoms with Crippen molar-refractivity contribution < 1.29 is 18.0 Å². The number of benzene rings is 1. The predicted octanol–water partition coefficient (Wildman–Crippen LogP) is 3.91. The van der Waals surface area contributed by atoms with Crippen molar-refractivity contribution in [3.8, 4) is 0 Å². The van der Waals surface area contributed by atoms with Crippen molar-refractivity contribution in [2.75, 3.05) is 12.3 Å². The van der Waals surface area contributed by atoms with Crippen LogP contribution in [0.25, 0.3) is 0 Å². The molecule has 24 heavy (non-hydrogen) atoms. The van der Waals surface area contributed by atoms with Gasteiger partial charge in [0.05, 0.1) is 5.75 Å². The maximum absolute atomic E-state index is 12.3. The zero-order chi connectivity index (χ0) is 17.4. The Morgan fingerprint density at radius 1 is 1.08 bits per heavy atom. The number of aromatic nitrogens is 1. The van der Waals surface area contributed by atoms with E-state index in [2.05, 4.69) is 4.98 Å². The van der Waals surface area contributed by atoms with Crippen LogP contribution in [0.4, 0.5) is 13.2 Å². The molecule has 7 heteroatoms. The van der Waals surface area contributed by atoms with E-state index in [9.17, 15) is 18.0 Å². The molecule has 0 spiro atoms. The first kappa shape index (κ1) is 18.3. The van der Waals surface area contributed by atoms with Crippen LogP contribution in [-0.2, 0) is 17.8 Å². The first-order chi connectivity index (χ1) is 11.4. The number of thioether (sulfide) groups is 1. The average molecular weight is 354 g/mol. The fourth-order valence-corrected chi connectivity index (χ4v) is 2.62. The number of carbonyl (C=O) groups excluding carboxylic acids is 1. The van der Waals surface area contributed by atoms with Crippen LogP contribution >= 0.6 is 11.8 Å². The van der Waals surface area contributed by atoms with Gasteiger partial charge < -0.3 is 4.90 Å². The van der Waals surface area contributed by atoms with Crippen LogP contribution in [0.2, 0.25) is 0 Å². The number of nitrogens with zero attached hydrogens (tertiary/aromatic N) is 2. The number of hydrogen-bond acceptors (Lipinski definition) is 3. The molecule has 0 unspecified atom stereocenters. The summed E-state index contributed by atoms with van der Waals surface area (Å²) in [5.41, 5.74) is -2.59. The molecule has 1 heterocycles. The largest absolute Gasteiger partial charge is 0.442 e. The molecule has 1 amide bonds. The number of halogens is 3. The standard InChI is InChI=1S/C17H17F3N2OS/c18-17(19,20)24-13-16(23)22(12-15-7-4-9-21-11-15)10-8-14-5-2-1-3-6-14/h1-7,9,11H,8,10,12-13H2. The van der Waals surface area contributed by atoms with Gasteiger partial charge >= 0.3 is 5.51 Å². The molecular formula is C17H17F3N2OS. The number of pyridine rings is 1. The second-order valence-electron chi connectivity index (χ2n) is 5.15. The molecular weight excluding hydrogens is 337 g/mol. The van der Waals surface area contributed by atoms with Gasteiger partial charge in [0.25, 0.3) is 0 Å². The second kappa shape index (κ2) is 8.73. The van der Waals surface area contributed by atoms with Gasteiger partial charge in [-0.25, -0.2) is 0 Å². The number of amides is 1. The van der Waals surface area contributed by atoms with E-state index in [1.807, 2.05) is 30.3 Å². The molecule has 0 N–H and O–H groups in total. The lowest BCUT2D eigenvalue weighted by Gasteiger charge is -2.23. The molecule has 3 nitrogen and oxygen atoms in total. The molecule has 0 aliphatic heterocycles. The summed E-state index contributed by atoms with van der Waals surface area (Å²) in [7, 11) is 0. The van der Waals surface area contributed by atoms with E-state index < -0.39 is 17.2 Å². The van der Waals surface area contributed by atoms with Crippen LogP contribution in [0.3, 0.4) is 0 Å². The Kier molecular flexibility index (Phi) is 6.66. The zero-order valence-electron chi connectivity index (χ0n) is 12.9. The lowest BCUT2D eigenvalue weighted by atomic mass is 10.1. The third kappa shape index (κ3) is 6.62. The highest BCUT2D eigenvalue weighted by molar-refractivity contribution is 8.00. The Bertz CT molecular complexity index is 635. The minimum atomic E-state index is -4.41. The van der Waals surface area contributed by atoms with Crippen molar-refractivity contribution in [1.82, 2.24) is 9.88 Å². The Balaban J connectivity index is 2.01. The van der Waals surface area contributed by atoms with Crippen molar-refractivity contribution in [2.45, 2.75) is 18.5 Å². The number of hydrogen-bond donors (Lipinski definition) is 0. The number of alkyl halides is 3. The molecule has 0 aliphatic carbocycles. The lowest BCUT2D eigenvalue weighted by Crippen LogP contribution is -2.34. The molecule has 0 aliphatic rings. The van der Waals surface area contributed by atoms with Gasteiger partial charge in [-0.1, -0.05) is 36.4 Å². The van der Waals surface area contributed by atoms with Crippen LogP contribution in [-0.4, -0.2) is 33.6 Å². The van der Waals surface area contributed by atoms with Gasteiger partial charge in [0.1, 0.15) is 0 Å². The van der Waals surface area contributed by atoms with E-state index in [-0.39, 0.29) is 18.3 Å². The number of rotatable bonds is 7. The molecule has 0 saturated heterocycles. The fraction of sp³-hybridized carbons (Fsp3) is 0.294. The van der Waals surface area contributed by atoms with Crippen LogP contribution in [0.1, 0.15) is 11.1 Å². The molecule has 1 aromatic carbocycles. The van der Waals surface area contributed by atoms with Gasteiger partial charge in [-0.2, -0.15) is 13.2 Å². The summed E-state index contributed by atoms with van der Waals surface area (Å²) < 4.78 is 37.0. The minimum absolute atomic E-state index is 0.248. The van der Waals surface area contributed by atoms with Gasteiger partial charge in [0, 0.05) is 25.5 Å². The molecule has 0 atom stereocenters. The second-order valence-corrected chi connectivity index (χ2v) is 6.19. The van der Waals surface area contributed by atoms with E-state index >= 15 is 0 Å². The van der Waals surface area contributed by atoms with Gasteiger partial charge in [-0.3, -0.25) is 9.78 Å². The average Bonchev–Trinajstić information content (AvgIpc) is 2.57. The van der Waals surface area contributed by atoms with Crippen LogP contribution in [0, 0.1) is 0 Å². The smallest absolute Gasteiger partial charge is 0.337 e. The van der Waals surface area contributed by atoms with Crippen molar-refractivity contribution >= 4 is 17.7 Å². The summed E-state index contributed by atoms with van der Waals surface area (Å²) in [6.45, 7) is 0.605. The monoisotopic (exact) mass is 354 g/mol. The van der Waals surface area contributed by atoms with Gasteiger partial charge in [-0.15, -0.1) is 0 Å². The lowest BCUT2D eigenvalue weighted by molar-refractivity contribution is -0.129. The summed E-state index contributed by atoms with van der Waals surface area (Å²) in [4.78, 5) is 17.6. The third-order valence-corrected chi connectivity index (χ3v) is 4.04. The maximum Gasteiger partial charge on any atom is 0.442 e. The molecule has 0 fully saturated rings. The first-order valence-corrected chi connectivity index (χ1v) is 8.34. The Hall–Kier alpha value is -2.02. The highest BCUT2D eigenvalue weighted by atomic mass is 32.2. The molecule has 2 aromatic rings. The number of carbonyl (C=O) groups is 1. The summed E-state index contributed by atoms with van der Waals surface area (Å²) in [5.74, 6) is -1.14. The fourth-order valence-electron chi connectivity index (χ4n) is 2.15. The molecule has 128 valence electrons. The summed E-state index contributed by atoms with van der Waals surface area (Å²) in [5, 5.41) is 0. The molecule has 0 bridgehead atoms. The topological polar surface area (TPSA) is 33.2 Å². The predicted molar refractivity (Wildman–Crippen MR) is 88.3 cm³/mol. The first-order valence-electron chi connectivity index (χ1n) is 7.35. The third-order valence-electron chi connectivity index (χ3n) is 3.32. The van der Waals surface area contributed by atoms with E-state index in [1.165, 1.54) is 4.90 Å². The summed E-state index contributed by atoms with van der Waals surface area (Å²) in [6.07, 6.45) is 3.81. The Labute approximate surface area is 142 Å². The molecule has 1 aromatic heterocycles. The Morgan fingerprint density at radius 2 is 1.79 bits per heavy atom.